The summed E-state index contributed by atoms with van der Waals surface area (Å²) in [5.74, 6) is -1.07. The highest BCUT2D eigenvalue weighted by Gasteiger charge is 2.26. The zero-order valence-electron chi connectivity index (χ0n) is 23.0. The third-order valence-electron chi connectivity index (χ3n) is 7.30. The highest BCUT2D eigenvalue weighted by molar-refractivity contribution is 6.76. The van der Waals surface area contributed by atoms with E-state index in [-0.39, 0.29) is 17.9 Å². The fourth-order valence-electron chi connectivity index (χ4n) is 5.25. The number of ether oxygens (including phenoxy) is 1. The zero-order chi connectivity index (χ0) is 28.8. The van der Waals surface area contributed by atoms with Gasteiger partial charge in [-0.1, -0.05) is 31.2 Å². The van der Waals surface area contributed by atoms with Crippen LogP contribution < -0.4 is 4.90 Å². The Bertz CT molecular complexity index is 1580. The second-order valence-corrected chi connectivity index (χ2v) is 17.5. The number of benzene rings is 2. The van der Waals surface area contributed by atoms with Crippen molar-refractivity contribution in [1.82, 2.24) is 14.3 Å². The molecule has 40 heavy (non-hydrogen) atoms. The van der Waals surface area contributed by atoms with E-state index in [0.717, 1.165) is 24.4 Å². The van der Waals surface area contributed by atoms with Crippen LogP contribution in [0, 0.1) is 0 Å². The summed E-state index contributed by atoms with van der Waals surface area (Å²) >= 11 is 6.79. The summed E-state index contributed by atoms with van der Waals surface area (Å²) in [4.78, 5) is 14.1. The lowest BCUT2D eigenvalue weighted by Crippen LogP contribution is -2.25. The van der Waals surface area contributed by atoms with Gasteiger partial charge in [0.05, 0.1) is 22.3 Å². The van der Waals surface area contributed by atoms with Gasteiger partial charge in [0.1, 0.15) is 6.73 Å². The topological polar surface area (TPSA) is 72.5 Å². The molecule has 11 heteroatoms. The van der Waals surface area contributed by atoms with Crippen molar-refractivity contribution in [3.63, 3.8) is 0 Å². The predicted octanol–water partition coefficient (Wildman–Crippen LogP) is 7.73. The molecule has 1 N–H and O–H groups in total. The van der Waals surface area contributed by atoms with Gasteiger partial charge in [-0.2, -0.15) is 5.10 Å². The maximum atomic E-state index is 14.3. The van der Waals surface area contributed by atoms with Gasteiger partial charge >= 0.3 is 5.97 Å². The van der Waals surface area contributed by atoms with Crippen molar-refractivity contribution in [1.29, 1.82) is 0 Å². The number of hydrogen-bond donors (Lipinski definition) is 1. The molecule has 0 saturated heterocycles. The molecule has 0 spiro atoms. The zero-order valence-corrected chi connectivity index (χ0v) is 24.8. The summed E-state index contributed by atoms with van der Waals surface area (Å²) in [6, 6.07) is 7.94. The summed E-state index contributed by atoms with van der Waals surface area (Å²) in [7, 11) is 0.481. The van der Waals surface area contributed by atoms with E-state index in [0.29, 0.717) is 51.6 Å². The fourth-order valence-corrected chi connectivity index (χ4v) is 6.33. The van der Waals surface area contributed by atoms with Gasteiger partial charge in [0, 0.05) is 68.6 Å². The van der Waals surface area contributed by atoms with Crippen LogP contribution in [0.5, 0.6) is 0 Å². The van der Waals surface area contributed by atoms with Crippen molar-refractivity contribution < 1.29 is 23.4 Å². The third kappa shape index (κ3) is 5.66. The highest BCUT2D eigenvalue weighted by atomic mass is 35.5. The predicted molar refractivity (Wildman–Crippen MR) is 157 cm³/mol. The molecule has 4 aromatic rings. The molecule has 0 bridgehead atoms. The number of anilines is 2. The second kappa shape index (κ2) is 11.0. The van der Waals surface area contributed by atoms with Gasteiger partial charge in [-0.05, 0) is 54.3 Å². The number of aryl methyl sites for hydroxylation is 2. The first-order valence-electron chi connectivity index (χ1n) is 13.3. The number of hydrogen-bond acceptors (Lipinski definition) is 4. The number of halogens is 3. The van der Waals surface area contributed by atoms with E-state index >= 15 is 0 Å². The molecular formula is C29H33ClF2N4O3Si. The summed E-state index contributed by atoms with van der Waals surface area (Å²) in [6.07, 6.45) is 3.74. The Kier molecular flexibility index (Phi) is 7.78. The Morgan fingerprint density at radius 1 is 1.20 bits per heavy atom. The Morgan fingerprint density at radius 3 is 2.62 bits per heavy atom. The Labute approximate surface area is 237 Å². The maximum absolute atomic E-state index is 14.3. The molecule has 3 heterocycles. The maximum Gasteiger partial charge on any atom is 0.337 e. The number of carbonyl (C=O) groups is 1. The molecule has 1 aliphatic rings. The van der Waals surface area contributed by atoms with Gasteiger partial charge in [0.15, 0.2) is 0 Å². The Hall–Kier alpha value is -3.21. The number of alkyl halides is 2. The van der Waals surface area contributed by atoms with Crippen LogP contribution in [-0.4, -0.2) is 46.6 Å². The lowest BCUT2D eigenvalue weighted by atomic mass is 9.92. The fraction of sp³-hybridized carbons (Fsp3) is 0.379. The SMILES string of the molecule is Cn1cc(-c2cc3c(cc2C(F)F)N(c2cc(Cl)c4c(c2)c(C(=O)O)cn4COCC[Si](C)(C)C)CCC3)cn1. The van der Waals surface area contributed by atoms with Crippen LogP contribution in [0.15, 0.2) is 42.9 Å². The van der Waals surface area contributed by atoms with Crippen molar-refractivity contribution >= 4 is 47.9 Å². The highest BCUT2D eigenvalue weighted by Crippen LogP contribution is 2.43. The summed E-state index contributed by atoms with van der Waals surface area (Å²) in [5.41, 5.74) is 4.01. The Morgan fingerprint density at radius 2 is 1.98 bits per heavy atom. The number of rotatable bonds is 9. The van der Waals surface area contributed by atoms with Crippen molar-refractivity contribution in [2.24, 2.45) is 7.05 Å². The minimum absolute atomic E-state index is 0.0707. The number of aromatic nitrogens is 3. The molecule has 212 valence electrons. The van der Waals surface area contributed by atoms with Gasteiger partial charge in [-0.3, -0.25) is 4.68 Å². The van der Waals surface area contributed by atoms with Crippen LogP contribution >= 0.6 is 11.6 Å². The molecule has 0 amide bonds. The molecule has 1 aliphatic heterocycles. The number of nitrogens with zero attached hydrogens (tertiary/aromatic N) is 4. The van der Waals surface area contributed by atoms with Gasteiger partial charge in [0.25, 0.3) is 6.43 Å². The first-order valence-corrected chi connectivity index (χ1v) is 17.4. The smallest absolute Gasteiger partial charge is 0.337 e. The summed E-state index contributed by atoms with van der Waals surface area (Å²) in [6.45, 7) is 8.17. The molecule has 0 fully saturated rings. The van der Waals surface area contributed by atoms with E-state index in [9.17, 15) is 18.7 Å². The van der Waals surface area contributed by atoms with Crippen LogP contribution in [0.25, 0.3) is 22.0 Å². The second-order valence-electron chi connectivity index (χ2n) is 11.5. The quantitative estimate of drug-likeness (QED) is 0.160. The van der Waals surface area contributed by atoms with E-state index in [2.05, 4.69) is 24.7 Å². The van der Waals surface area contributed by atoms with Crippen LogP contribution in [0.1, 0.15) is 34.3 Å². The molecule has 0 radical (unpaired) electrons. The normalized spacial score (nSPS) is 13.8. The van der Waals surface area contributed by atoms with Crippen LogP contribution in [0.3, 0.4) is 0 Å². The summed E-state index contributed by atoms with van der Waals surface area (Å²) < 4.78 is 37.8. The van der Waals surface area contributed by atoms with Crippen molar-refractivity contribution in [2.45, 2.75) is 51.7 Å². The van der Waals surface area contributed by atoms with E-state index in [1.807, 2.05) is 11.0 Å². The van der Waals surface area contributed by atoms with Gasteiger partial charge in [0.2, 0.25) is 0 Å². The van der Waals surface area contributed by atoms with E-state index in [4.69, 9.17) is 16.3 Å². The number of aromatic carboxylic acids is 1. The molecule has 0 atom stereocenters. The first kappa shape index (κ1) is 28.3. The molecule has 2 aromatic carbocycles. The average Bonchev–Trinajstić information content (AvgIpc) is 3.48. The van der Waals surface area contributed by atoms with Crippen molar-refractivity contribution in [2.75, 3.05) is 18.1 Å². The number of fused-ring (bicyclic) bond motifs is 2. The molecule has 2 aromatic heterocycles. The van der Waals surface area contributed by atoms with Gasteiger partial charge in [-0.15, -0.1) is 0 Å². The van der Waals surface area contributed by atoms with Gasteiger partial charge < -0.3 is 19.3 Å². The number of carboxylic acid groups (broad SMARTS) is 1. The van der Waals surface area contributed by atoms with Crippen molar-refractivity contribution in [3.05, 3.63) is 64.6 Å². The molecule has 0 unspecified atom stereocenters. The molecular weight excluding hydrogens is 554 g/mol. The first-order chi connectivity index (χ1) is 18.9. The minimum Gasteiger partial charge on any atom is -0.478 e. The van der Waals surface area contributed by atoms with Crippen LogP contribution in [-0.2, 0) is 24.9 Å². The van der Waals surface area contributed by atoms with E-state index in [1.165, 1.54) is 0 Å². The van der Waals surface area contributed by atoms with Gasteiger partial charge in [-0.25, -0.2) is 13.6 Å². The average molecular weight is 587 g/mol. The molecule has 5 rings (SSSR count). The van der Waals surface area contributed by atoms with Crippen molar-refractivity contribution in [3.8, 4) is 11.1 Å². The van der Waals surface area contributed by atoms with E-state index in [1.54, 1.807) is 53.1 Å². The molecule has 0 aliphatic carbocycles. The summed E-state index contributed by atoms with van der Waals surface area (Å²) in [5, 5.41) is 15.0. The lowest BCUT2D eigenvalue weighted by molar-refractivity contribution is 0.0696. The van der Waals surface area contributed by atoms with Crippen LogP contribution in [0.4, 0.5) is 20.2 Å². The van der Waals surface area contributed by atoms with Crippen LogP contribution in [0.2, 0.25) is 30.7 Å². The lowest BCUT2D eigenvalue weighted by Gasteiger charge is -2.33. The largest absolute Gasteiger partial charge is 0.478 e. The minimum atomic E-state index is -2.68. The standard InChI is InChI=1S/C29H33ClF2N4O3Si/c1-34-15-19(14-33-34)21-10-18-6-5-7-36(26(18)13-23(21)28(31)32)20-11-22-24(29(37)38)16-35(27(22)25(30)12-20)17-39-8-9-40(2,3)4/h10-16,28H,5-9,17H2,1-4H3,(H,37,38). The number of carboxylic acids is 1. The molecule has 7 nitrogen and oxygen atoms in total. The molecule has 0 saturated carbocycles. The van der Waals surface area contributed by atoms with E-state index < -0.39 is 20.5 Å². The Balaban J connectivity index is 1.55. The third-order valence-corrected chi connectivity index (χ3v) is 9.29. The monoisotopic (exact) mass is 586 g/mol.